The van der Waals surface area contributed by atoms with Gasteiger partial charge in [0.1, 0.15) is 19.3 Å². The molecule has 0 aliphatic carbocycles. The standard InChI is InChI=1S/C73H142O17P2/c1-7-10-12-14-16-18-20-26-32-39-45-51-57-72(77)89-68(61-83-70(75)55-49-43-37-31-19-17-15-13-11-8-2)63-87-91(79,80)85-59-67(74)60-86-92(81,82)88-64-69(62-84-71(76)56-50-44-38-34-28-29-35-41-47-53-65(4)5)90-73(78)58-52-46-40-33-27-24-22-21-23-25-30-36-42-48-54-66(6)9-3/h65-69,74H,7-64H2,1-6H3,(H,79,80)(H,81,82)/t66?,67-,68+,69+/m0/s1. The van der Waals surface area contributed by atoms with Crippen LogP contribution >= 0.6 is 15.6 Å². The molecule has 3 N–H and O–H groups in total. The highest BCUT2D eigenvalue weighted by atomic mass is 31.2. The molecule has 0 aromatic heterocycles. The molecule has 0 saturated heterocycles. The molecule has 0 aliphatic rings. The molecule has 0 rings (SSSR count). The highest BCUT2D eigenvalue weighted by Crippen LogP contribution is 2.45. The van der Waals surface area contributed by atoms with Gasteiger partial charge in [0.05, 0.1) is 26.4 Å². The molecule has 6 atom stereocenters. The maximum Gasteiger partial charge on any atom is 0.472 e. The molecule has 0 saturated carbocycles. The van der Waals surface area contributed by atoms with E-state index in [0.29, 0.717) is 25.7 Å². The van der Waals surface area contributed by atoms with Crippen LogP contribution in [0.15, 0.2) is 0 Å². The molecule has 3 unspecified atom stereocenters. The molecule has 0 spiro atoms. The Morgan fingerprint density at radius 3 is 0.826 bits per heavy atom. The van der Waals surface area contributed by atoms with E-state index in [1.165, 1.54) is 193 Å². The van der Waals surface area contributed by atoms with Gasteiger partial charge in [0, 0.05) is 25.7 Å². The van der Waals surface area contributed by atoms with Crippen LogP contribution in [0.4, 0.5) is 0 Å². The van der Waals surface area contributed by atoms with Crippen LogP contribution in [0.2, 0.25) is 0 Å². The summed E-state index contributed by atoms with van der Waals surface area (Å²) in [6.07, 6.45) is 51.1. The summed E-state index contributed by atoms with van der Waals surface area (Å²) in [4.78, 5) is 72.6. The van der Waals surface area contributed by atoms with Crippen molar-refractivity contribution in [3.8, 4) is 0 Å². The first-order valence-corrected chi connectivity index (χ1v) is 41.0. The van der Waals surface area contributed by atoms with E-state index >= 15 is 0 Å². The van der Waals surface area contributed by atoms with Crippen molar-refractivity contribution in [1.29, 1.82) is 0 Å². The number of phosphoric acid groups is 2. The first kappa shape index (κ1) is 90.1. The Morgan fingerprint density at radius 2 is 0.554 bits per heavy atom. The van der Waals surface area contributed by atoms with E-state index in [0.717, 1.165) is 102 Å². The molecule has 0 bridgehead atoms. The highest BCUT2D eigenvalue weighted by molar-refractivity contribution is 7.47. The topological polar surface area (TPSA) is 237 Å². The average molecular weight is 1350 g/mol. The summed E-state index contributed by atoms with van der Waals surface area (Å²) in [6.45, 7) is 9.60. The second-order valence-corrected chi connectivity index (χ2v) is 30.0. The first-order chi connectivity index (χ1) is 44.4. The lowest BCUT2D eigenvalue weighted by Crippen LogP contribution is -2.30. The number of hydrogen-bond acceptors (Lipinski definition) is 15. The third-order valence-corrected chi connectivity index (χ3v) is 19.2. The predicted molar refractivity (Wildman–Crippen MR) is 372 cm³/mol. The summed E-state index contributed by atoms with van der Waals surface area (Å²) < 4.78 is 68.4. The summed E-state index contributed by atoms with van der Waals surface area (Å²) in [5, 5.41) is 10.6. The van der Waals surface area contributed by atoms with Gasteiger partial charge in [0.2, 0.25) is 0 Å². The lowest BCUT2D eigenvalue weighted by atomic mass is 9.99. The molecule has 0 fully saturated rings. The van der Waals surface area contributed by atoms with E-state index in [9.17, 15) is 43.2 Å². The van der Waals surface area contributed by atoms with Gasteiger partial charge >= 0.3 is 39.5 Å². The van der Waals surface area contributed by atoms with Gasteiger partial charge in [-0.2, -0.15) is 0 Å². The minimum atomic E-state index is -4.95. The molecule has 19 heteroatoms. The van der Waals surface area contributed by atoms with E-state index in [-0.39, 0.29) is 25.7 Å². The summed E-state index contributed by atoms with van der Waals surface area (Å²) in [7, 11) is -9.90. The second kappa shape index (κ2) is 65.0. The van der Waals surface area contributed by atoms with Crippen LogP contribution in [0.25, 0.3) is 0 Å². The quantitative estimate of drug-likeness (QED) is 0.0222. The smallest absolute Gasteiger partial charge is 0.462 e. The van der Waals surface area contributed by atoms with Gasteiger partial charge in [-0.05, 0) is 37.5 Å². The van der Waals surface area contributed by atoms with E-state index in [1.54, 1.807) is 0 Å². The number of rotatable bonds is 72. The third kappa shape index (κ3) is 65.4. The SMILES string of the molecule is CCCCCCCCCCCCCCC(=O)O[C@H](COC(=O)CCCCCCCCCCCC)COP(=O)(O)OC[C@H](O)COP(=O)(O)OC[C@@H](COC(=O)CCCCCCCCCCCC(C)C)OC(=O)CCCCCCCCCCCCCCCCC(C)CC. The normalized spacial score (nSPS) is 14.4. The van der Waals surface area contributed by atoms with Crippen molar-refractivity contribution in [2.24, 2.45) is 11.8 Å². The zero-order valence-corrected chi connectivity index (χ0v) is 61.6. The summed E-state index contributed by atoms with van der Waals surface area (Å²) in [5.74, 6) is -0.529. The molecule has 0 amide bonds. The third-order valence-electron chi connectivity index (χ3n) is 17.3. The Labute approximate surface area is 562 Å². The van der Waals surface area contributed by atoms with Crippen molar-refractivity contribution in [2.75, 3.05) is 39.6 Å². The van der Waals surface area contributed by atoms with Gasteiger partial charge < -0.3 is 33.8 Å². The summed E-state index contributed by atoms with van der Waals surface area (Å²) in [5.41, 5.74) is 0. The lowest BCUT2D eigenvalue weighted by Gasteiger charge is -2.21. The molecular weight excluding hydrogens is 1210 g/mol. The maximum atomic E-state index is 13.1. The van der Waals surface area contributed by atoms with Crippen LogP contribution in [-0.4, -0.2) is 96.7 Å². The largest absolute Gasteiger partial charge is 0.472 e. The monoisotopic (exact) mass is 1350 g/mol. The first-order valence-electron chi connectivity index (χ1n) is 38.0. The van der Waals surface area contributed by atoms with Crippen molar-refractivity contribution in [1.82, 2.24) is 0 Å². The molecule has 17 nitrogen and oxygen atoms in total. The number of carbonyl (C=O) groups is 4. The number of aliphatic hydroxyl groups excluding tert-OH is 1. The average Bonchev–Trinajstić information content (AvgIpc) is 1.53. The molecule has 0 aromatic rings. The van der Waals surface area contributed by atoms with Gasteiger partial charge in [-0.1, -0.05) is 324 Å². The van der Waals surface area contributed by atoms with Crippen LogP contribution in [-0.2, 0) is 65.4 Å². The van der Waals surface area contributed by atoms with Crippen molar-refractivity contribution in [2.45, 2.75) is 394 Å². The van der Waals surface area contributed by atoms with E-state index in [2.05, 4.69) is 41.5 Å². The molecule has 0 radical (unpaired) electrons. The van der Waals surface area contributed by atoms with Crippen LogP contribution in [0.1, 0.15) is 375 Å². The van der Waals surface area contributed by atoms with Crippen molar-refractivity contribution < 1.29 is 80.2 Å². The van der Waals surface area contributed by atoms with Crippen LogP contribution < -0.4 is 0 Å². The number of phosphoric ester groups is 2. The van der Waals surface area contributed by atoms with Gasteiger partial charge in [-0.3, -0.25) is 37.3 Å². The molecule has 92 heavy (non-hydrogen) atoms. The van der Waals surface area contributed by atoms with Gasteiger partial charge in [-0.15, -0.1) is 0 Å². The molecule has 546 valence electrons. The van der Waals surface area contributed by atoms with Crippen molar-refractivity contribution >= 4 is 39.5 Å². The fourth-order valence-corrected chi connectivity index (χ4v) is 12.7. The molecule has 0 aliphatic heterocycles. The molecule has 0 heterocycles. The van der Waals surface area contributed by atoms with Gasteiger partial charge in [0.15, 0.2) is 12.2 Å². The van der Waals surface area contributed by atoms with E-state index in [4.69, 9.17) is 37.0 Å². The second-order valence-electron chi connectivity index (χ2n) is 27.1. The Hall–Kier alpha value is -1.94. The fourth-order valence-electron chi connectivity index (χ4n) is 11.1. The number of esters is 4. The molecule has 0 aromatic carbocycles. The van der Waals surface area contributed by atoms with Crippen LogP contribution in [0.3, 0.4) is 0 Å². The minimum Gasteiger partial charge on any atom is -0.462 e. The van der Waals surface area contributed by atoms with Crippen LogP contribution in [0.5, 0.6) is 0 Å². The minimum absolute atomic E-state index is 0.107. The number of carbonyl (C=O) groups excluding carboxylic acids is 4. The van der Waals surface area contributed by atoms with Crippen LogP contribution in [0, 0.1) is 11.8 Å². The van der Waals surface area contributed by atoms with Crippen molar-refractivity contribution in [3.63, 3.8) is 0 Å². The number of unbranched alkanes of at least 4 members (excludes halogenated alkanes) is 41. The number of ether oxygens (including phenoxy) is 4. The lowest BCUT2D eigenvalue weighted by molar-refractivity contribution is -0.161. The highest BCUT2D eigenvalue weighted by Gasteiger charge is 2.30. The fraction of sp³-hybridized carbons (Fsp3) is 0.945. The Morgan fingerprint density at radius 1 is 0.315 bits per heavy atom. The molecular formula is C73H142O17P2. The summed E-state index contributed by atoms with van der Waals surface area (Å²) in [6, 6.07) is 0. The Bertz CT molecular complexity index is 1790. The maximum absolute atomic E-state index is 13.1. The predicted octanol–water partition coefficient (Wildman–Crippen LogP) is 21.2. The van der Waals surface area contributed by atoms with Gasteiger partial charge in [0.25, 0.3) is 0 Å². The summed E-state index contributed by atoms with van der Waals surface area (Å²) >= 11 is 0. The number of hydrogen-bond donors (Lipinski definition) is 3. The van der Waals surface area contributed by atoms with Crippen molar-refractivity contribution in [3.05, 3.63) is 0 Å². The van der Waals surface area contributed by atoms with E-state index in [1.807, 2.05) is 0 Å². The Balaban J connectivity index is 5.23. The van der Waals surface area contributed by atoms with E-state index < -0.39 is 97.5 Å². The number of aliphatic hydroxyl groups is 1. The zero-order valence-electron chi connectivity index (χ0n) is 59.9. The zero-order chi connectivity index (χ0) is 67.9. The Kier molecular flexibility index (Phi) is 63.7. The van der Waals surface area contributed by atoms with Gasteiger partial charge in [-0.25, -0.2) is 9.13 Å².